The van der Waals surface area contributed by atoms with Crippen LogP contribution in [0.4, 0.5) is 0 Å². The Labute approximate surface area is 30.2 Å². The third kappa shape index (κ3) is 3.03. The third-order valence-corrected chi connectivity index (χ3v) is 0.147. The van der Waals surface area contributed by atoms with Gasteiger partial charge in [-0.2, -0.15) is 0 Å². The van der Waals surface area contributed by atoms with Crippen molar-refractivity contribution in [1.29, 1.82) is 0 Å². The lowest BCUT2D eigenvalue weighted by molar-refractivity contribution is -0.274. The first kappa shape index (κ1) is 4.03. The van der Waals surface area contributed by atoms with E-state index in [1.54, 1.807) is 0 Å². The molecule has 0 bridgehead atoms. The fourth-order valence-corrected chi connectivity index (χ4v) is 0.0351. The van der Waals surface area contributed by atoms with Crippen molar-refractivity contribution in [1.82, 2.24) is 0 Å². The van der Waals surface area contributed by atoms with Gasteiger partial charge in [-0.15, -0.1) is 0 Å². The molecule has 0 unspecified atom stereocenters. The van der Waals surface area contributed by atoms with Gasteiger partial charge in [0.05, 0.1) is 0 Å². The van der Waals surface area contributed by atoms with Crippen LogP contribution in [0.3, 0.4) is 0 Å². The lowest BCUT2D eigenvalue weighted by Crippen LogP contribution is -1.81. The quantitative estimate of drug-likeness (QED) is 0.361. The van der Waals surface area contributed by atoms with Crippen molar-refractivity contribution in [3.05, 3.63) is 17.3 Å². The molecular weight excluding hydrogens is 66.0 g/mol. The molecule has 0 heterocycles. The Morgan fingerprint density at radius 2 is 2.40 bits per heavy atom. The van der Waals surface area contributed by atoms with Gasteiger partial charge >= 0.3 is 0 Å². The molecule has 0 fully saturated rings. The predicted octanol–water partition coefficient (Wildman–Crippen LogP) is -0.219. The Morgan fingerprint density at radius 1 is 1.80 bits per heavy atom. The van der Waals surface area contributed by atoms with Crippen molar-refractivity contribution in [2.75, 3.05) is 0 Å². The molecule has 0 radical (unpaired) electrons. The second kappa shape index (κ2) is 3.03. The number of rotatable bonds is 0. The number of nitrogens with zero attached hydrogens (tertiary/aromatic N) is 1. The van der Waals surface area contributed by atoms with Crippen molar-refractivity contribution < 1.29 is 5.11 Å². The van der Waals surface area contributed by atoms with E-state index >= 15 is 0 Å². The van der Waals surface area contributed by atoms with Gasteiger partial charge in [-0.3, -0.25) is 0 Å². The molecule has 2 heteroatoms. The van der Waals surface area contributed by atoms with Crippen LogP contribution >= 0.6 is 0 Å². The molecule has 0 aromatic rings. The van der Waals surface area contributed by atoms with Gasteiger partial charge in [-0.25, -0.2) is 0 Å². The molecule has 0 amide bonds. The van der Waals surface area contributed by atoms with Crippen LogP contribution in [-0.2, 0) is 0 Å². The monoisotopic (exact) mass is 69.0 g/mol. The van der Waals surface area contributed by atoms with E-state index in [0.717, 1.165) is 6.20 Å². The van der Waals surface area contributed by atoms with E-state index in [4.69, 9.17) is 0 Å². The Hall–Kier alpha value is -0.970. The highest BCUT2D eigenvalue weighted by Gasteiger charge is 1.51. The molecule has 2 nitrogen and oxygen atoms in total. The molecule has 0 rings (SSSR count). The normalized spacial score (nSPS) is 7.80. The highest BCUT2D eigenvalue weighted by Crippen LogP contribution is 1.57. The fraction of sp³-hybridized carbons (Fsp3) is 0. The van der Waals surface area contributed by atoms with E-state index in [0.29, 0.717) is 6.26 Å². The zero-order chi connectivity index (χ0) is 4.12. The van der Waals surface area contributed by atoms with Crippen LogP contribution in [0.1, 0.15) is 0 Å². The SMILES string of the molecule is C#[N+]/C=C/[O-]. The zero-order valence-electron chi connectivity index (χ0n) is 2.59. The summed E-state index contributed by atoms with van der Waals surface area (Å²) in [6.45, 7) is 4.48. The lowest BCUT2D eigenvalue weighted by Gasteiger charge is -1.68. The van der Waals surface area contributed by atoms with Gasteiger partial charge < -0.3 is 5.11 Å². The largest absolute Gasteiger partial charge is 0.873 e. The van der Waals surface area contributed by atoms with Gasteiger partial charge in [0.15, 0.2) is 0 Å². The van der Waals surface area contributed by atoms with Crippen molar-refractivity contribution in [3.63, 3.8) is 0 Å². The molecule has 0 aromatic heterocycles. The number of hydrogen-bond donors (Lipinski definition) is 0. The second-order valence-corrected chi connectivity index (χ2v) is 0.434. The summed E-state index contributed by atoms with van der Waals surface area (Å²) in [7, 11) is 0. The minimum absolute atomic E-state index is 0.514. The molecule has 0 spiro atoms. The molecule has 0 N–H and O–H groups in total. The molecular formula is C3H3NO. The highest BCUT2D eigenvalue weighted by molar-refractivity contribution is 4.84. The van der Waals surface area contributed by atoms with Crippen molar-refractivity contribution in [2.24, 2.45) is 0 Å². The number of hydrogen-bond acceptors (Lipinski definition) is 1. The second-order valence-electron chi connectivity index (χ2n) is 0.434. The van der Waals surface area contributed by atoms with E-state index in [1.165, 1.54) is 0 Å². The first-order valence-electron chi connectivity index (χ1n) is 1.09. The maximum absolute atomic E-state index is 9.18. The molecule has 0 saturated carbocycles. The summed E-state index contributed by atoms with van der Waals surface area (Å²) >= 11 is 0. The van der Waals surface area contributed by atoms with Gasteiger partial charge in [-0.05, 0) is 4.85 Å². The summed E-state index contributed by atoms with van der Waals surface area (Å²) in [5.74, 6) is 0. The molecule has 0 atom stereocenters. The lowest BCUT2D eigenvalue weighted by atomic mass is 11.0. The highest BCUT2D eigenvalue weighted by atomic mass is 16.2. The first-order valence-corrected chi connectivity index (χ1v) is 1.09. The van der Waals surface area contributed by atoms with Crippen molar-refractivity contribution in [3.8, 4) is 6.57 Å². The molecule has 0 aliphatic rings. The standard InChI is InChI=1S/C3H3NO/c1-4-2-3-5/h1-3H/b3-2+. The zero-order valence-corrected chi connectivity index (χ0v) is 2.59. The average molecular weight is 69.1 g/mol. The molecule has 26 valence electrons. The summed E-state index contributed by atoms with van der Waals surface area (Å²) in [6, 6.07) is 0. The van der Waals surface area contributed by atoms with E-state index < -0.39 is 0 Å². The Kier molecular flexibility index (Phi) is 2.44. The maximum atomic E-state index is 9.18. The van der Waals surface area contributed by atoms with E-state index in [2.05, 4.69) is 11.4 Å². The average Bonchev–Trinajstić information content (AvgIpc) is 1.41. The third-order valence-electron chi connectivity index (χ3n) is 0.147. The topological polar surface area (TPSA) is 27.4 Å². The van der Waals surface area contributed by atoms with Gasteiger partial charge in [0.25, 0.3) is 12.8 Å². The van der Waals surface area contributed by atoms with E-state index in [-0.39, 0.29) is 0 Å². The van der Waals surface area contributed by atoms with Crippen LogP contribution in [0.15, 0.2) is 12.5 Å². The van der Waals surface area contributed by atoms with Gasteiger partial charge in [0.1, 0.15) is 0 Å². The molecule has 0 aromatic carbocycles. The molecule has 0 aliphatic carbocycles. The van der Waals surface area contributed by atoms with Crippen molar-refractivity contribution >= 4 is 0 Å². The van der Waals surface area contributed by atoms with Crippen LogP contribution in [0, 0.1) is 6.57 Å². The summed E-state index contributed by atoms with van der Waals surface area (Å²) in [4.78, 5) is 2.86. The molecule has 0 saturated heterocycles. The van der Waals surface area contributed by atoms with E-state index in [1.807, 2.05) is 0 Å². The Morgan fingerprint density at radius 3 is 2.40 bits per heavy atom. The van der Waals surface area contributed by atoms with Crippen molar-refractivity contribution in [2.45, 2.75) is 0 Å². The minimum atomic E-state index is 0.514. The Bertz CT molecular complexity index is 69.5. The van der Waals surface area contributed by atoms with Gasteiger partial charge in [0, 0.05) is 0 Å². The van der Waals surface area contributed by atoms with Gasteiger partial charge in [0.2, 0.25) is 0 Å². The van der Waals surface area contributed by atoms with Crippen LogP contribution in [0.5, 0.6) is 0 Å². The Balaban J connectivity index is 3.04. The van der Waals surface area contributed by atoms with Crippen LogP contribution < -0.4 is 5.11 Å². The predicted molar refractivity (Wildman–Crippen MR) is 17.4 cm³/mol. The van der Waals surface area contributed by atoms with Crippen LogP contribution in [-0.4, -0.2) is 0 Å². The summed E-state index contributed by atoms with van der Waals surface area (Å²) in [5.41, 5.74) is 0. The van der Waals surface area contributed by atoms with Crippen LogP contribution in [0.2, 0.25) is 0 Å². The van der Waals surface area contributed by atoms with Gasteiger partial charge in [-0.1, -0.05) is 6.26 Å². The minimum Gasteiger partial charge on any atom is -0.873 e. The maximum Gasteiger partial charge on any atom is 0.290 e. The molecule has 5 heavy (non-hydrogen) atoms. The van der Waals surface area contributed by atoms with Crippen LogP contribution in [0.25, 0.3) is 4.85 Å². The summed E-state index contributed by atoms with van der Waals surface area (Å²) < 4.78 is 0. The summed E-state index contributed by atoms with van der Waals surface area (Å²) in [6.07, 6.45) is 1.49. The smallest absolute Gasteiger partial charge is 0.290 e. The summed E-state index contributed by atoms with van der Waals surface area (Å²) in [5, 5.41) is 9.18. The van der Waals surface area contributed by atoms with E-state index in [9.17, 15) is 5.11 Å². The first-order chi connectivity index (χ1) is 2.41. The molecule has 0 aliphatic heterocycles. The fourth-order valence-electron chi connectivity index (χ4n) is 0.0351.